The third-order valence-corrected chi connectivity index (χ3v) is 6.67. The summed E-state index contributed by atoms with van der Waals surface area (Å²) in [5.41, 5.74) is 0. The predicted molar refractivity (Wildman–Crippen MR) is 80.9 cm³/mol. The Bertz CT molecular complexity index is 288. The molecule has 0 saturated heterocycles. The molecule has 0 radical (unpaired) electrons. The van der Waals surface area contributed by atoms with Crippen molar-refractivity contribution in [3.8, 4) is 0 Å². The summed E-state index contributed by atoms with van der Waals surface area (Å²) in [5.74, 6) is 0. The SMILES string of the molecule is CCN(CC)CCCC[SiH](Cl)c1ccccc1. The van der Waals surface area contributed by atoms with Gasteiger partial charge in [-0.25, -0.2) is 0 Å². The smallest absolute Gasteiger partial charge is 0.171 e. The van der Waals surface area contributed by atoms with Gasteiger partial charge in [0.05, 0.1) is 0 Å². The number of nitrogens with zero attached hydrogens (tertiary/aromatic N) is 1. The first-order valence-corrected chi connectivity index (χ1v) is 9.83. The molecule has 0 N–H and O–H groups in total. The summed E-state index contributed by atoms with van der Waals surface area (Å²) >= 11 is 6.51. The van der Waals surface area contributed by atoms with E-state index in [1.54, 1.807) is 0 Å². The molecular formula is C14H24ClNSi. The zero-order valence-electron chi connectivity index (χ0n) is 11.0. The molecule has 0 fully saturated rings. The van der Waals surface area contributed by atoms with E-state index in [1.165, 1.54) is 30.6 Å². The fraction of sp³-hybridized carbons (Fsp3) is 0.571. The van der Waals surface area contributed by atoms with Crippen molar-refractivity contribution in [2.75, 3.05) is 19.6 Å². The highest BCUT2D eigenvalue weighted by atomic mass is 35.6. The number of unbranched alkanes of at least 4 members (excludes halogenated alkanes) is 1. The summed E-state index contributed by atoms with van der Waals surface area (Å²) in [6.07, 6.45) is 2.55. The predicted octanol–water partition coefficient (Wildman–Crippen LogP) is 2.98. The van der Waals surface area contributed by atoms with Gasteiger partial charge in [0.2, 0.25) is 0 Å². The number of hydrogen-bond donors (Lipinski definition) is 0. The lowest BCUT2D eigenvalue weighted by Crippen LogP contribution is -2.26. The van der Waals surface area contributed by atoms with Gasteiger partial charge in [0.25, 0.3) is 0 Å². The Kier molecular flexibility index (Phi) is 7.57. The Morgan fingerprint density at radius 3 is 2.29 bits per heavy atom. The van der Waals surface area contributed by atoms with Crippen molar-refractivity contribution in [2.45, 2.75) is 32.7 Å². The fourth-order valence-corrected chi connectivity index (χ4v) is 4.55. The first kappa shape index (κ1) is 14.7. The van der Waals surface area contributed by atoms with Gasteiger partial charge in [-0.2, -0.15) is 11.1 Å². The lowest BCUT2D eigenvalue weighted by atomic mass is 10.3. The molecule has 0 aliphatic carbocycles. The van der Waals surface area contributed by atoms with Crippen molar-refractivity contribution in [2.24, 2.45) is 0 Å². The molecule has 1 rings (SSSR count). The maximum atomic E-state index is 6.51. The van der Waals surface area contributed by atoms with Gasteiger partial charge in [-0.15, -0.1) is 0 Å². The van der Waals surface area contributed by atoms with Crippen molar-refractivity contribution in [1.29, 1.82) is 0 Å². The minimum atomic E-state index is -1.19. The second-order valence-electron chi connectivity index (χ2n) is 4.40. The molecule has 1 aromatic rings. The van der Waals surface area contributed by atoms with Crippen LogP contribution in [0.15, 0.2) is 30.3 Å². The van der Waals surface area contributed by atoms with Gasteiger partial charge in [0.15, 0.2) is 8.11 Å². The number of rotatable bonds is 8. The Hall–Kier alpha value is -0.313. The Morgan fingerprint density at radius 2 is 1.71 bits per heavy atom. The number of halogens is 1. The van der Waals surface area contributed by atoms with E-state index in [0.717, 1.165) is 13.1 Å². The van der Waals surface area contributed by atoms with Crippen LogP contribution in [-0.4, -0.2) is 32.6 Å². The topological polar surface area (TPSA) is 3.24 Å². The number of hydrogen-bond acceptors (Lipinski definition) is 1. The second kappa shape index (κ2) is 8.73. The third kappa shape index (κ3) is 5.71. The van der Waals surface area contributed by atoms with Gasteiger partial charge in [-0.1, -0.05) is 50.6 Å². The Morgan fingerprint density at radius 1 is 1.06 bits per heavy atom. The van der Waals surface area contributed by atoms with Crippen molar-refractivity contribution < 1.29 is 0 Å². The average molecular weight is 270 g/mol. The van der Waals surface area contributed by atoms with Crippen molar-refractivity contribution in [3.05, 3.63) is 30.3 Å². The second-order valence-corrected chi connectivity index (χ2v) is 8.16. The third-order valence-electron chi connectivity index (χ3n) is 3.24. The highest BCUT2D eigenvalue weighted by Crippen LogP contribution is 2.07. The van der Waals surface area contributed by atoms with Gasteiger partial charge in [0.1, 0.15) is 0 Å². The van der Waals surface area contributed by atoms with Gasteiger partial charge in [0, 0.05) is 0 Å². The van der Waals surface area contributed by atoms with Crippen LogP contribution >= 0.6 is 11.1 Å². The molecule has 0 bridgehead atoms. The van der Waals surface area contributed by atoms with E-state index in [9.17, 15) is 0 Å². The molecule has 0 saturated carbocycles. The molecule has 3 heteroatoms. The van der Waals surface area contributed by atoms with Crippen molar-refractivity contribution >= 4 is 24.4 Å². The molecule has 1 nitrogen and oxygen atoms in total. The highest BCUT2D eigenvalue weighted by molar-refractivity contribution is 7.14. The van der Waals surface area contributed by atoms with Crippen LogP contribution in [0.3, 0.4) is 0 Å². The van der Waals surface area contributed by atoms with Gasteiger partial charge in [-0.05, 0) is 37.3 Å². The molecule has 0 aliphatic heterocycles. The molecule has 0 amide bonds. The standard InChI is InChI=1S/C14H24ClNSi/c1-3-16(4-2)12-8-9-13-17(15)14-10-6-5-7-11-14/h5-7,10-11,17H,3-4,8-9,12-13H2,1-2H3. The maximum Gasteiger partial charge on any atom is 0.171 e. The molecule has 1 aromatic carbocycles. The van der Waals surface area contributed by atoms with Crippen molar-refractivity contribution in [1.82, 2.24) is 4.90 Å². The summed E-state index contributed by atoms with van der Waals surface area (Å²) in [6.45, 7) is 8.01. The molecule has 0 aliphatic rings. The van der Waals surface area contributed by atoms with Gasteiger partial charge < -0.3 is 4.90 Å². The summed E-state index contributed by atoms with van der Waals surface area (Å²) in [6, 6.07) is 11.8. The maximum absolute atomic E-state index is 6.51. The van der Waals surface area contributed by atoms with E-state index < -0.39 is 8.11 Å². The van der Waals surface area contributed by atoms with E-state index in [-0.39, 0.29) is 0 Å². The van der Waals surface area contributed by atoms with Crippen LogP contribution in [0.1, 0.15) is 26.7 Å². The average Bonchev–Trinajstić information content (AvgIpc) is 2.40. The molecule has 17 heavy (non-hydrogen) atoms. The van der Waals surface area contributed by atoms with E-state index in [4.69, 9.17) is 11.1 Å². The van der Waals surface area contributed by atoms with Crippen LogP contribution < -0.4 is 5.19 Å². The van der Waals surface area contributed by atoms with Gasteiger partial charge >= 0.3 is 0 Å². The quantitative estimate of drug-likeness (QED) is 0.398. The Labute approximate surface area is 112 Å². The lowest BCUT2D eigenvalue weighted by molar-refractivity contribution is 0.299. The fourth-order valence-electron chi connectivity index (χ4n) is 2.03. The first-order chi connectivity index (χ1) is 8.27. The Balaban J connectivity index is 2.19. The molecular weight excluding hydrogens is 246 g/mol. The zero-order chi connectivity index (χ0) is 12.5. The first-order valence-electron chi connectivity index (χ1n) is 6.69. The van der Waals surface area contributed by atoms with Crippen LogP contribution in [0.5, 0.6) is 0 Å². The molecule has 0 aromatic heterocycles. The molecule has 0 heterocycles. The van der Waals surface area contributed by atoms with E-state index in [1.807, 2.05) is 0 Å². The van der Waals surface area contributed by atoms with E-state index in [2.05, 4.69) is 49.1 Å². The van der Waals surface area contributed by atoms with Crippen LogP contribution in [0, 0.1) is 0 Å². The van der Waals surface area contributed by atoms with E-state index in [0.29, 0.717) is 0 Å². The summed E-state index contributed by atoms with van der Waals surface area (Å²) < 4.78 is 0. The normalized spacial score (nSPS) is 12.9. The molecule has 1 unspecified atom stereocenters. The van der Waals surface area contributed by atoms with Crippen LogP contribution in [0.2, 0.25) is 6.04 Å². The minimum absolute atomic E-state index is 1.16. The van der Waals surface area contributed by atoms with Crippen LogP contribution in [0.25, 0.3) is 0 Å². The summed E-state index contributed by atoms with van der Waals surface area (Å²) in [4.78, 5) is 2.48. The van der Waals surface area contributed by atoms with Crippen LogP contribution in [0.4, 0.5) is 0 Å². The van der Waals surface area contributed by atoms with Crippen molar-refractivity contribution in [3.63, 3.8) is 0 Å². The summed E-state index contributed by atoms with van der Waals surface area (Å²) in [7, 11) is -1.19. The van der Waals surface area contributed by atoms with Gasteiger partial charge in [-0.3, -0.25) is 0 Å². The monoisotopic (exact) mass is 269 g/mol. The van der Waals surface area contributed by atoms with Crippen LogP contribution in [-0.2, 0) is 0 Å². The number of benzene rings is 1. The minimum Gasteiger partial charge on any atom is -0.304 e. The lowest BCUT2D eigenvalue weighted by Gasteiger charge is -2.17. The largest absolute Gasteiger partial charge is 0.304 e. The molecule has 1 atom stereocenters. The molecule has 0 spiro atoms. The van der Waals surface area contributed by atoms with E-state index >= 15 is 0 Å². The zero-order valence-corrected chi connectivity index (χ0v) is 12.9. The molecule has 96 valence electrons. The summed E-state index contributed by atoms with van der Waals surface area (Å²) in [5, 5.41) is 1.39. The highest BCUT2D eigenvalue weighted by Gasteiger charge is 2.09.